The maximum Gasteiger partial charge on any atom is 0.225 e. The quantitative estimate of drug-likeness (QED) is 0.588. The standard InChI is InChI=1S/C21H19ClFN3O2/c1-13-3-4-14(10-24)8-18(13)25-21-9-19(27)20(28-2)12-26(21)11-15-5-6-17(23)16(22)7-15/h3-10,12,24-25H,11H2,1-2H3. The van der Waals surface area contributed by atoms with Gasteiger partial charge in [-0.2, -0.15) is 0 Å². The fourth-order valence-electron chi connectivity index (χ4n) is 2.78. The van der Waals surface area contributed by atoms with Gasteiger partial charge in [0.15, 0.2) is 5.75 Å². The molecule has 2 N–H and O–H groups in total. The Morgan fingerprint density at radius 3 is 2.71 bits per heavy atom. The number of halogens is 2. The van der Waals surface area contributed by atoms with E-state index < -0.39 is 5.82 Å². The summed E-state index contributed by atoms with van der Waals surface area (Å²) >= 11 is 5.89. The monoisotopic (exact) mass is 399 g/mol. The summed E-state index contributed by atoms with van der Waals surface area (Å²) in [5.41, 5.74) is 2.98. The number of aryl methyl sites for hydroxylation is 1. The summed E-state index contributed by atoms with van der Waals surface area (Å²) in [5.74, 6) is 0.250. The molecule has 0 aliphatic carbocycles. The van der Waals surface area contributed by atoms with Gasteiger partial charge in [0.1, 0.15) is 11.6 Å². The zero-order chi connectivity index (χ0) is 20.3. The smallest absolute Gasteiger partial charge is 0.225 e. The molecule has 3 rings (SSSR count). The lowest BCUT2D eigenvalue weighted by Gasteiger charge is -2.18. The van der Waals surface area contributed by atoms with Crippen molar-refractivity contribution in [3.63, 3.8) is 0 Å². The Hall–Kier alpha value is -3.12. The number of pyridine rings is 1. The SMILES string of the molecule is COc1cn(Cc2ccc(F)c(Cl)c2)c(Nc2cc(C=N)ccc2C)cc1=O. The molecule has 0 radical (unpaired) electrons. The highest BCUT2D eigenvalue weighted by Gasteiger charge is 2.11. The van der Waals surface area contributed by atoms with Crippen molar-refractivity contribution in [2.75, 3.05) is 12.4 Å². The Balaban J connectivity index is 2.04. The summed E-state index contributed by atoms with van der Waals surface area (Å²) in [7, 11) is 1.43. The average Bonchev–Trinajstić information content (AvgIpc) is 2.68. The van der Waals surface area contributed by atoms with Gasteiger partial charge in [-0.05, 0) is 41.8 Å². The van der Waals surface area contributed by atoms with Crippen molar-refractivity contribution in [3.05, 3.63) is 86.4 Å². The van der Waals surface area contributed by atoms with Crippen LogP contribution in [-0.4, -0.2) is 17.9 Å². The van der Waals surface area contributed by atoms with Gasteiger partial charge < -0.3 is 20.0 Å². The van der Waals surface area contributed by atoms with E-state index in [2.05, 4.69) is 5.32 Å². The van der Waals surface area contributed by atoms with E-state index in [1.807, 2.05) is 25.1 Å². The van der Waals surface area contributed by atoms with Crippen molar-refractivity contribution in [1.29, 1.82) is 5.41 Å². The van der Waals surface area contributed by atoms with E-state index in [4.69, 9.17) is 21.7 Å². The van der Waals surface area contributed by atoms with Gasteiger partial charge in [0.25, 0.3) is 0 Å². The molecule has 0 unspecified atom stereocenters. The first-order valence-electron chi connectivity index (χ1n) is 8.52. The average molecular weight is 400 g/mol. The largest absolute Gasteiger partial charge is 0.491 e. The van der Waals surface area contributed by atoms with E-state index in [-0.39, 0.29) is 16.2 Å². The minimum Gasteiger partial charge on any atom is -0.491 e. The van der Waals surface area contributed by atoms with Crippen LogP contribution in [0.1, 0.15) is 16.7 Å². The number of ether oxygens (including phenoxy) is 1. The van der Waals surface area contributed by atoms with Crippen LogP contribution in [0.2, 0.25) is 5.02 Å². The first-order valence-corrected chi connectivity index (χ1v) is 8.89. The van der Waals surface area contributed by atoms with Crippen LogP contribution in [0.5, 0.6) is 5.75 Å². The summed E-state index contributed by atoms with van der Waals surface area (Å²) in [6.45, 7) is 2.28. The van der Waals surface area contributed by atoms with Gasteiger partial charge in [0, 0.05) is 24.5 Å². The molecule has 28 heavy (non-hydrogen) atoms. The van der Waals surface area contributed by atoms with Gasteiger partial charge in [-0.3, -0.25) is 4.79 Å². The first-order chi connectivity index (χ1) is 13.4. The molecule has 0 saturated heterocycles. The Bertz CT molecular complexity index is 1100. The highest BCUT2D eigenvalue weighted by atomic mass is 35.5. The van der Waals surface area contributed by atoms with Gasteiger partial charge in [0.2, 0.25) is 5.43 Å². The summed E-state index contributed by atoms with van der Waals surface area (Å²) in [6, 6.07) is 11.5. The third-order valence-corrected chi connectivity index (χ3v) is 4.63. The maximum atomic E-state index is 13.5. The Labute approximate surface area is 166 Å². The van der Waals surface area contributed by atoms with Crippen LogP contribution in [0, 0.1) is 18.2 Å². The molecule has 5 nitrogen and oxygen atoms in total. The number of nitrogens with one attached hydrogen (secondary N) is 2. The predicted octanol–water partition coefficient (Wildman–Crippen LogP) is 4.75. The van der Waals surface area contributed by atoms with Gasteiger partial charge >= 0.3 is 0 Å². The fraction of sp³-hybridized carbons (Fsp3) is 0.143. The van der Waals surface area contributed by atoms with Crippen LogP contribution in [0.3, 0.4) is 0 Å². The van der Waals surface area contributed by atoms with Crippen molar-refractivity contribution >= 4 is 29.3 Å². The first kappa shape index (κ1) is 19.6. The molecule has 0 aliphatic rings. The molecular weight excluding hydrogens is 381 g/mol. The van der Waals surface area contributed by atoms with Crippen LogP contribution in [0.4, 0.5) is 15.9 Å². The Morgan fingerprint density at radius 2 is 2.04 bits per heavy atom. The molecule has 1 aromatic heterocycles. The van der Waals surface area contributed by atoms with Crippen LogP contribution < -0.4 is 15.5 Å². The molecule has 7 heteroatoms. The molecule has 2 aromatic carbocycles. The third-order valence-electron chi connectivity index (χ3n) is 4.34. The fourth-order valence-corrected chi connectivity index (χ4v) is 2.98. The minimum atomic E-state index is -0.486. The third kappa shape index (κ3) is 4.23. The molecule has 1 heterocycles. The zero-order valence-corrected chi connectivity index (χ0v) is 16.2. The topological polar surface area (TPSA) is 67.1 Å². The lowest BCUT2D eigenvalue weighted by molar-refractivity contribution is 0.406. The molecule has 0 atom stereocenters. The molecule has 3 aromatic rings. The molecule has 0 amide bonds. The van der Waals surface area contributed by atoms with E-state index in [1.54, 1.807) is 22.9 Å². The molecule has 144 valence electrons. The summed E-state index contributed by atoms with van der Waals surface area (Å²) in [4.78, 5) is 12.3. The van der Waals surface area contributed by atoms with Crippen molar-refractivity contribution in [2.45, 2.75) is 13.5 Å². The van der Waals surface area contributed by atoms with Gasteiger partial charge in [-0.15, -0.1) is 0 Å². The molecule has 0 aliphatic heterocycles. The number of anilines is 2. The van der Waals surface area contributed by atoms with Crippen LogP contribution in [0.25, 0.3) is 0 Å². The van der Waals surface area contributed by atoms with Crippen LogP contribution >= 0.6 is 11.6 Å². The Kier molecular flexibility index (Phi) is 5.80. The van der Waals surface area contributed by atoms with Crippen molar-refractivity contribution in [3.8, 4) is 5.75 Å². The van der Waals surface area contributed by atoms with E-state index in [0.717, 1.165) is 22.4 Å². The second-order valence-corrected chi connectivity index (χ2v) is 6.72. The highest BCUT2D eigenvalue weighted by Crippen LogP contribution is 2.24. The number of aromatic nitrogens is 1. The van der Waals surface area contributed by atoms with Gasteiger partial charge in [0.05, 0.1) is 18.3 Å². The lowest BCUT2D eigenvalue weighted by Crippen LogP contribution is -2.14. The van der Waals surface area contributed by atoms with Crippen molar-refractivity contribution in [1.82, 2.24) is 4.57 Å². The number of hydrogen-bond donors (Lipinski definition) is 2. The number of methoxy groups -OCH3 is 1. The summed E-state index contributed by atoms with van der Waals surface area (Å²) in [6.07, 6.45) is 2.85. The van der Waals surface area contributed by atoms with Crippen molar-refractivity contribution in [2.24, 2.45) is 0 Å². The number of rotatable bonds is 6. The van der Waals surface area contributed by atoms with Crippen LogP contribution in [0.15, 0.2) is 53.5 Å². The number of nitrogens with zero attached hydrogens (tertiary/aromatic N) is 1. The molecule has 0 fully saturated rings. The second kappa shape index (κ2) is 8.27. The Morgan fingerprint density at radius 1 is 1.25 bits per heavy atom. The summed E-state index contributed by atoms with van der Waals surface area (Å²) in [5, 5.41) is 10.7. The number of benzene rings is 2. The molecule has 0 spiro atoms. The van der Waals surface area contributed by atoms with E-state index in [0.29, 0.717) is 12.4 Å². The van der Waals surface area contributed by atoms with E-state index in [1.165, 1.54) is 25.5 Å². The van der Waals surface area contributed by atoms with E-state index >= 15 is 0 Å². The molecular formula is C21H19ClFN3O2. The molecule has 0 bridgehead atoms. The van der Waals surface area contributed by atoms with E-state index in [9.17, 15) is 9.18 Å². The zero-order valence-electron chi connectivity index (χ0n) is 15.4. The van der Waals surface area contributed by atoms with Crippen LogP contribution in [-0.2, 0) is 6.54 Å². The number of hydrogen-bond acceptors (Lipinski definition) is 4. The normalized spacial score (nSPS) is 10.6. The highest BCUT2D eigenvalue weighted by molar-refractivity contribution is 6.30. The molecule has 0 saturated carbocycles. The lowest BCUT2D eigenvalue weighted by atomic mass is 10.1. The minimum absolute atomic E-state index is 0.0366. The second-order valence-electron chi connectivity index (χ2n) is 6.31. The van der Waals surface area contributed by atoms with Gasteiger partial charge in [-0.25, -0.2) is 4.39 Å². The maximum absolute atomic E-state index is 13.5. The summed E-state index contributed by atoms with van der Waals surface area (Å²) < 4.78 is 20.4. The predicted molar refractivity (Wildman–Crippen MR) is 110 cm³/mol. The van der Waals surface area contributed by atoms with Gasteiger partial charge in [-0.1, -0.05) is 29.8 Å². The van der Waals surface area contributed by atoms with Crippen molar-refractivity contribution < 1.29 is 9.13 Å².